The summed E-state index contributed by atoms with van der Waals surface area (Å²) >= 11 is 0. The summed E-state index contributed by atoms with van der Waals surface area (Å²) in [6, 6.07) is 0. The fourth-order valence-electron chi connectivity index (χ4n) is 0.357. The molecule has 0 amide bonds. The minimum atomic E-state index is -0.834. The molecule has 0 aliphatic rings. The average Bonchev–Trinajstić information content (AvgIpc) is 1.98. The maximum atomic E-state index is 9.72. The number of hydrogen-bond acceptors (Lipinski definition) is 5. The van der Waals surface area contributed by atoms with Gasteiger partial charge in [-0.25, -0.2) is 0 Å². The second-order valence-corrected chi connectivity index (χ2v) is 1.62. The lowest BCUT2D eigenvalue weighted by Crippen LogP contribution is -2.39. The maximum absolute atomic E-state index is 9.72. The molecule has 0 aromatic heterocycles. The second-order valence-electron chi connectivity index (χ2n) is 1.62. The summed E-state index contributed by atoms with van der Waals surface area (Å²) in [5.74, 6) is 0. The van der Waals surface area contributed by atoms with Gasteiger partial charge < -0.3 is 14.6 Å². The summed E-state index contributed by atoms with van der Waals surface area (Å²) < 4.78 is 4.50. The van der Waals surface area contributed by atoms with E-state index in [-0.39, 0.29) is 13.1 Å². The van der Waals surface area contributed by atoms with Crippen molar-refractivity contribution < 1.29 is 14.6 Å². The van der Waals surface area contributed by atoms with Crippen LogP contribution in [0.3, 0.4) is 0 Å². The molecule has 0 aliphatic carbocycles. The molecule has 5 heteroatoms. The van der Waals surface area contributed by atoms with Crippen LogP contribution >= 0.6 is 0 Å². The van der Waals surface area contributed by atoms with E-state index in [9.17, 15) is 4.79 Å². The van der Waals surface area contributed by atoms with Gasteiger partial charge in [-0.2, -0.15) is 0 Å². The van der Waals surface area contributed by atoms with E-state index in [0.717, 1.165) is 0 Å². The van der Waals surface area contributed by atoms with E-state index in [0.29, 0.717) is 6.29 Å². The van der Waals surface area contributed by atoms with Crippen LogP contribution in [0.4, 0.5) is 0 Å². The van der Waals surface area contributed by atoms with Gasteiger partial charge in [0.25, 0.3) is 0 Å². The zero-order valence-electron chi connectivity index (χ0n) is 5.83. The number of carbonyl (C=O) groups excluding carboxylic acids is 1. The number of nitrogens with one attached hydrogen (secondary N) is 2. The number of aliphatic hydroxyl groups excluding tert-OH is 1. The molecule has 0 rings (SSSR count). The highest BCUT2D eigenvalue weighted by Crippen LogP contribution is 1.75. The first kappa shape index (κ1) is 9.51. The van der Waals surface area contributed by atoms with Gasteiger partial charge in [0.15, 0.2) is 6.29 Å². The Kier molecular flexibility index (Phi) is 6.30. The Bertz CT molecular complexity index is 89.0. The summed E-state index contributed by atoms with van der Waals surface area (Å²) in [6.07, 6.45) is -0.120. The number of carbonyl (C=O) groups is 1. The smallest absolute Gasteiger partial charge is 0.168 e. The third-order valence-electron chi connectivity index (χ3n) is 0.859. The van der Waals surface area contributed by atoms with E-state index in [2.05, 4.69) is 15.6 Å². The molecular formula is C5H12N2O3. The SMILES string of the molecule is COC(O)CNNCC=O. The molecule has 0 radical (unpaired) electrons. The monoisotopic (exact) mass is 148 g/mol. The highest BCUT2D eigenvalue weighted by atomic mass is 16.6. The summed E-state index contributed by atoms with van der Waals surface area (Å²) in [5, 5.41) is 8.74. The lowest BCUT2D eigenvalue weighted by molar-refractivity contribution is -0.107. The maximum Gasteiger partial charge on any atom is 0.168 e. The van der Waals surface area contributed by atoms with Gasteiger partial charge in [-0.3, -0.25) is 10.9 Å². The van der Waals surface area contributed by atoms with Crippen LogP contribution in [-0.4, -0.2) is 37.9 Å². The molecule has 0 aromatic rings. The topological polar surface area (TPSA) is 70.6 Å². The molecule has 3 N–H and O–H groups in total. The van der Waals surface area contributed by atoms with Gasteiger partial charge in [-0.05, 0) is 0 Å². The molecular weight excluding hydrogens is 136 g/mol. The van der Waals surface area contributed by atoms with Gasteiger partial charge in [0.1, 0.15) is 6.29 Å². The zero-order chi connectivity index (χ0) is 7.82. The predicted molar refractivity (Wildman–Crippen MR) is 35.1 cm³/mol. The van der Waals surface area contributed by atoms with Crippen molar-refractivity contribution in [2.24, 2.45) is 0 Å². The van der Waals surface area contributed by atoms with Crippen molar-refractivity contribution in [2.45, 2.75) is 6.29 Å². The summed E-state index contributed by atoms with van der Waals surface area (Å²) in [6.45, 7) is 0.473. The number of ether oxygens (including phenoxy) is 1. The van der Waals surface area contributed by atoms with Gasteiger partial charge >= 0.3 is 0 Å². The van der Waals surface area contributed by atoms with E-state index < -0.39 is 6.29 Å². The van der Waals surface area contributed by atoms with Crippen molar-refractivity contribution in [1.82, 2.24) is 10.9 Å². The zero-order valence-corrected chi connectivity index (χ0v) is 5.83. The molecule has 1 unspecified atom stereocenters. The summed E-state index contributed by atoms with van der Waals surface area (Å²) in [7, 11) is 1.39. The van der Waals surface area contributed by atoms with E-state index in [1.807, 2.05) is 0 Å². The fraction of sp³-hybridized carbons (Fsp3) is 0.800. The number of aldehydes is 1. The van der Waals surface area contributed by atoms with Gasteiger partial charge in [-0.1, -0.05) is 0 Å². The number of rotatable bonds is 6. The first-order valence-corrected chi connectivity index (χ1v) is 2.91. The molecule has 0 aromatic carbocycles. The molecule has 0 fully saturated rings. The Morgan fingerprint density at radius 1 is 1.70 bits per heavy atom. The van der Waals surface area contributed by atoms with Crippen LogP contribution in [0.15, 0.2) is 0 Å². The van der Waals surface area contributed by atoms with Crippen LogP contribution in [0.1, 0.15) is 0 Å². The van der Waals surface area contributed by atoms with Crippen LogP contribution in [-0.2, 0) is 9.53 Å². The Labute approximate surface area is 59.3 Å². The quantitative estimate of drug-likeness (QED) is 0.180. The van der Waals surface area contributed by atoms with Crippen LogP contribution < -0.4 is 10.9 Å². The Balaban J connectivity index is 2.95. The van der Waals surface area contributed by atoms with Crippen LogP contribution in [0.5, 0.6) is 0 Å². The molecule has 10 heavy (non-hydrogen) atoms. The highest BCUT2D eigenvalue weighted by molar-refractivity contribution is 5.51. The van der Waals surface area contributed by atoms with Crippen molar-refractivity contribution in [2.75, 3.05) is 20.2 Å². The number of methoxy groups -OCH3 is 1. The molecule has 0 aliphatic heterocycles. The molecule has 0 spiro atoms. The van der Waals surface area contributed by atoms with Crippen molar-refractivity contribution in [1.29, 1.82) is 0 Å². The van der Waals surface area contributed by atoms with Gasteiger partial charge in [0.05, 0.1) is 13.1 Å². The molecule has 0 bridgehead atoms. The van der Waals surface area contributed by atoms with Crippen LogP contribution in [0, 0.1) is 0 Å². The number of hydrogen-bond donors (Lipinski definition) is 3. The summed E-state index contributed by atoms with van der Waals surface area (Å²) in [4.78, 5) is 9.72. The molecule has 0 saturated carbocycles. The van der Waals surface area contributed by atoms with Gasteiger partial charge in [0, 0.05) is 7.11 Å². The largest absolute Gasteiger partial charge is 0.367 e. The van der Waals surface area contributed by atoms with Gasteiger partial charge in [0.2, 0.25) is 0 Å². The summed E-state index contributed by atoms with van der Waals surface area (Å²) in [5.41, 5.74) is 5.12. The molecule has 0 saturated heterocycles. The normalized spacial score (nSPS) is 13.0. The third kappa shape index (κ3) is 5.64. The van der Waals surface area contributed by atoms with Crippen molar-refractivity contribution in [3.63, 3.8) is 0 Å². The molecule has 1 atom stereocenters. The lowest BCUT2D eigenvalue weighted by Gasteiger charge is -2.08. The number of hydrazine groups is 1. The lowest BCUT2D eigenvalue weighted by atomic mass is 10.6. The van der Waals surface area contributed by atoms with E-state index in [4.69, 9.17) is 5.11 Å². The first-order valence-electron chi connectivity index (χ1n) is 2.91. The predicted octanol–water partition coefficient (Wildman–Crippen LogP) is -1.76. The Morgan fingerprint density at radius 2 is 2.40 bits per heavy atom. The van der Waals surface area contributed by atoms with Crippen molar-refractivity contribution in [3.05, 3.63) is 0 Å². The first-order chi connectivity index (χ1) is 4.81. The van der Waals surface area contributed by atoms with E-state index in [1.165, 1.54) is 7.11 Å². The molecule has 5 nitrogen and oxygen atoms in total. The molecule has 0 heterocycles. The standard InChI is InChI=1S/C5H12N2O3/c1-10-5(9)4-7-6-2-3-8/h3,5-7,9H,2,4H2,1H3. The van der Waals surface area contributed by atoms with Crippen molar-refractivity contribution >= 4 is 6.29 Å². The van der Waals surface area contributed by atoms with Crippen LogP contribution in [0.25, 0.3) is 0 Å². The van der Waals surface area contributed by atoms with Gasteiger partial charge in [-0.15, -0.1) is 0 Å². The average molecular weight is 148 g/mol. The third-order valence-corrected chi connectivity index (χ3v) is 0.859. The molecule has 60 valence electrons. The fourth-order valence-corrected chi connectivity index (χ4v) is 0.357. The van der Waals surface area contributed by atoms with Crippen LogP contribution in [0.2, 0.25) is 0 Å². The van der Waals surface area contributed by atoms with E-state index in [1.54, 1.807) is 0 Å². The second kappa shape index (κ2) is 6.63. The minimum Gasteiger partial charge on any atom is -0.367 e. The Morgan fingerprint density at radius 3 is 2.90 bits per heavy atom. The number of aliphatic hydroxyl groups is 1. The Hall–Kier alpha value is -0.490. The van der Waals surface area contributed by atoms with Crippen molar-refractivity contribution in [3.8, 4) is 0 Å². The van der Waals surface area contributed by atoms with E-state index >= 15 is 0 Å². The minimum absolute atomic E-state index is 0.219. The highest BCUT2D eigenvalue weighted by Gasteiger charge is 1.97.